The van der Waals surface area contributed by atoms with Crippen LogP contribution < -0.4 is 16.0 Å². The van der Waals surface area contributed by atoms with Gasteiger partial charge >= 0.3 is 0 Å². The lowest BCUT2D eigenvalue weighted by molar-refractivity contribution is -0.145. The molecule has 5 atom stereocenters. The number of carbonyl (C=O) groups excluding carboxylic acids is 5. The van der Waals surface area contributed by atoms with Crippen LogP contribution in [0.2, 0.25) is 0 Å². The topological polar surface area (TPSA) is 148 Å². The summed E-state index contributed by atoms with van der Waals surface area (Å²) in [5.74, 6) is -2.27. The van der Waals surface area contributed by atoms with Crippen LogP contribution in [0.3, 0.4) is 0 Å². The molecule has 5 amide bonds. The van der Waals surface area contributed by atoms with Crippen LogP contribution >= 0.6 is 0 Å². The quantitative estimate of drug-likeness (QED) is 0.396. The molecular weight excluding hydrogens is 610 g/mol. The molecule has 0 spiro atoms. The van der Waals surface area contributed by atoms with Gasteiger partial charge in [0.05, 0.1) is 12.1 Å². The summed E-state index contributed by atoms with van der Waals surface area (Å²) >= 11 is 0. The molecule has 11 heteroatoms. The Labute approximate surface area is 283 Å². The van der Waals surface area contributed by atoms with Crippen LogP contribution in [0.4, 0.5) is 0 Å². The summed E-state index contributed by atoms with van der Waals surface area (Å²) < 4.78 is 0. The van der Waals surface area contributed by atoms with Crippen molar-refractivity contribution in [3.8, 4) is 0 Å². The molecule has 0 radical (unpaired) electrons. The van der Waals surface area contributed by atoms with E-state index in [-0.39, 0.29) is 30.6 Å². The van der Waals surface area contributed by atoms with Gasteiger partial charge in [-0.25, -0.2) is 0 Å². The summed E-state index contributed by atoms with van der Waals surface area (Å²) in [5.41, 5.74) is 0.722. The number of nitrogens with one attached hydrogen (secondary N) is 3. The van der Waals surface area contributed by atoms with Crippen molar-refractivity contribution in [2.45, 2.75) is 95.4 Å². The maximum atomic E-state index is 14.0. The molecule has 4 rings (SSSR count). The number of likely N-dealkylation sites (N-methyl/N-ethyl adjacent to an activating group) is 1. The number of amides is 5. The summed E-state index contributed by atoms with van der Waals surface area (Å²) in [6.45, 7) is 4.00. The third kappa shape index (κ3) is 10.6. The van der Waals surface area contributed by atoms with Gasteiger partial charge in [0.2, 0.25) is 29.5 Å². The molecule has 0 bridgehead atoms. The first-order valence-electron chi connectivity index (χ1n) is 17.2. The lowest BCUT2D eigenvalue weighted by Gasteiger charge is -2.32. The van der Waals surface area contributed by atoms with E-state index in [1.807, 2.05) is 60.7 Å². The zero-order chi connectivity index (χ0) is 34.7. The molecule has 2 aromatic carbocycles. The molecule has 2 heterocycles. The van der Waals surface area contributed by atoms with Crippen LogP contribution in [0.15, 0.2) is 60.7 Å². The molecular formula is C37H51N5O6. The Hall–Kier alpha value is -4.25. The number of rotatable bonds is 4. The van der Waals surface area contributed by atoms with Gasteiger partial charge in [0.15, 0.2) is 0 Å². The van der Waals surface area contributed by atoms with Crippen molar-refractivity contribution in [2.24, 2.45) is 5.92 Å². The van der Waals surface area contributed by atoms with E-state index in [4.69, 9.17) is 0 Å². The molecule has 2 aliphatic rings. The van der Waals surface area contributed by atoms with Gasteiger partial charge in [-0.3, -0.25) is 24.0 Å². The second kappa shape index (κ2) is 17.2. The van der Waals surface area contributed by atoms with Crippen molar-refractivity contribution in [3.05, 3.63) is 71.8 Å². The fourth-order valence-corrected chi connectivity index (χ4v) is 6.55. The Balaban J connectivity index is 1.57. The molecule has 260 valence electrons. The minimum Gasteiger partial charge on any atom is -0.390 e. The molecule has 2 fully saturated rings. The van der Waals surface area contributed by atoms with E-state index in [9.17, 15) is 29.1 Å². The first-order chi connectivity index (χ1) is 22.9. The van der Waals surface area contributed by atoms with Crippen molar-refractivity contribution in [3.63, 3.8) is 0 Å². The van der Waals surface area contributed by atoms with Gasteiger partial charge in [0.1, 0.15) is 18.1 Å². The monoisotopic (exact) mass is 661 g/mol. The Morgan fingerprint density at radius 1 is 0.750 bits per heavy atom. The number of fused-ring (bicyclic) bond motifs is 1. The number of nitrogens with zero attached hydrogens (tertiary/aromatic N) is 2. The Morgan fingerprint density at radius 3 is 2.00 bits per heavy atom. The second-order valence-corrected chi connectivity index (χ2v) is 13.6. The second-order valence-electron chi connectivity index (χ2n) is 13.6. The van der Waals surface area contributed by atoms with Crippen molar-refractivity contribution < 1.29 is 29.1 Å². The maximum Gasteiger partial charge on any atom is 0.246 e. The van der Waals surface area contributed by atoms with Crippen LogP contribution in [-0.2, 0) is 36.8 Å². The minimum atomic E-state index is -0.967. The fraction of sp³-hybridized carbons (Fsp3) is 0.541. The van der Waals surface area contributed by atoms with Gasteiger partial charge in [-0.1, -0.05) is 67.6 Å². The van der Waals surface area contributed by atoms with Crippen LogP contribution in [0, 0.1) is 5.92 Å². The highest BCUT2D eigenvalue weighted by Gasteiger charge is 2.39. The van der Waals surface area contributed by atoms with Crippen molar-refractivity contribution >= 4 is 29.5 Å². The van der Waals surface area contributed by atoms with E-state index in [1.54, 1.807) is 30.7 Å². The standard InChI is InChI=1S/C37H51N5O6/c1-26-13-10-19-37(2,48)20-12-21-41(3)36(47)31-18-11-22-42(31)35(46)30(24-28-16-8-5-9-17-28)39-32(43)25-38-34(45)29(40-33(26)44)23-27-14-6-4-7-15-27/h4-9,14-17,26,29-31,48H,10-13,18-25H2,1-3H3,(H,38,45)(H,39,43)(H,40,44)/t26?,29-,30-,31?,37-/m0/s1. The van der Waals surface area contributed by atoms with Crippen molar-refractivity contribution in [2.75, 3.05) is 26.7 Å². The van der Waals surface area contributed by atoms with Crippen LogP contribution in [-0.4, -0.2) is 94.9 Å². The number of hydrogen-bond acceptors (Lipinski definition) is 6. The van der Waals surface area contributed by atoms with E-state index >= 15 is 0 Å². The normalized spacial score (nSPS) is 27.6. The molecule has 2 aliphatic heterocycles. The minimum absolute atomic E-state index is 0.163. The molecule has 0 aromatic heterocycles. The van der Waals surface area contributed by atoms with Gasteiger partial charge in [0.25, 0.3) is 0 Å². The van der Waals surface area contributed by atoms with Crippen LogP contribution in [0.25, 0.3) is 0 Å². The largest absolute Gasteiger partial charge is 0.390 e. The molecule has 2 unspecified atom stereocenters. The lowest BCUT2D eigenvalue weighted by Crippen LogP contribution is -2.56. The highest BCUT2D eigenvalue weighted by molar-refractivity contribution is 5.94. The molecule has 4 N–H and O–H groups in total. The summed E-state index contributed by atoms with van der Waals surface area (Å²) in [7, 11) is 1.72. The van der Waals surface area contributed by atoms with Gasteiger partial charge < -0.3 is 30.9 Å². The predicted molar refractivity (Wildman–Crippen MR) is 182 cm³/mol. The molecule has 11 nitrogen and oxygen atoms in total. The van der Waals surface area contributed by atoms with Gasteiger partial charge in [-0.15, -0.1) is 0 Å². The van der Waals surface area contributed by atoms with E-state index in [0.717, 1.165) is 11.1 Å². The van der Waals surface area contributed by atoms with E-state index in [1.165, 1.54) is 0 Å². The predicted octanol–water partition coefficient (Wildman–Crippen LogP) is 2.36. The van der Waals surface area contributed by atoms with Gasteiger partial charge in [-0.05, 0) is 63.0 Å². The third-order valence-corrected chi connectivity index (χ3v) is 9.46. The molecule has 2 aromatic rings. The molecule has 48 heavy (non-hydrogen) atoms. The Bertz CT molecular complexity index is 1400. The number of carbonyl (C=O) groups is 5. The van der Waals surface area contributed by atoms with Gasteiger partial charge in [0, 0.05) is 38.9 Å². The number of aliphatic hydroxyl groups is 1. The summed E-state index contributed by atoms with van der Waals surface area (Å²) in [6, 6.07) is 16.1. The number of benzene rings is 2. The fourth-order valence-electron chi connectivity index (χ4n) is 6.55. The zero-order valence-corrected chi connectivity index (χ0v) is 28.5. The van der Waals surface area contributed by atoms with Crippen molar-refractivity contribution in [1.29, 1.82) is 0 Å². The van der Waals surface area contributed by atoms with E-state index in [0.29, 0.717) is 58.0 Å². The number of hydrogen-bond donors (Lipinski definition) is 4. The highest BCUT2D eigenvalue weighted by Crippen LogP contribution is 2.24. The highest BCUT2D eigenvalue weighted by atomic mass is 16.3. The molecule has 2 saturated heterocycles. The van der Waals surface area contributed by atoms with Crippen LogP contribution in [0.5, 0.6) is 0 Å². The summed E-state index contributed by atoms with van der Waals surface area (Å²) in [5, 5.41) is 19.4. The summed E-state index contributed by atoms with van der Waals surface area (Å²) in [4.78, 5) is 70.7. The average molecular weight is 662 g/mol. The summed E-state index contributed by atoms with van der Waals surface area (Å²) in [6.07, 6.45) is 4.31. The molecule has 0 saturated carbocycles. The lowest BCUT2D eigenvalue weighted by atomic mass is 9.91. The van der Waals surface area contributed by atoms with E-state index in [2.05, 4.69) is 16.0 Å². The third-order valence-electron chi connectivity index (χ3n) is 9.46. The first-order valence-corrected chi connectivity index (χ1v) is 17.2. The molecule has 0 aliphatic carbocycles. The van der Waals surface area contributed by atoms with Crippen LogP contribution in [0.1, 0.15) is 69.9 Å². The Morgan fingerprint density at radius 2 is 1.35 bits per heavy atom. The zero-order valence-electron chi connectivity index (χ0n) is 28.5. The van der Waals surface area contributed by atoms with E-state index < -0.39 is 48.0 Å². The first kappa shape index (κ1) is 36.6. The smallest absolute Gasteiger partial charge is 0.246 e. The van der Waals surface area contributed by atoms with Gasteiger partial charge in [-0.2, -0.15) is 0 Å². The SMILES string of the molecule is CC1CCC[C@](C)(O)CCCN(C)C(=O)C2CCCN2C(=O)[C@H](Cc2ccccc2)NC(=O)CNC(=O)[C@H](Cc2ccccc2)NC1=O. The van der Waals surface area contributed by atoms with Crippen molar-refractivity contribution in [1.82, 2.24) is 25.8 Å². The maximum absolute atomic E-state index is 14.0. The average Bonchev–Trinajstić information content (AvgIpc) is 3.56. The Kier molecular flexibility index (Phi) is 13.1.